The summed E-state index contributed by atoms with van der Waals surface area (Å²) in [7, 11) is 0. The van der Waals surface area contributed by atoms with Crippen molar-refractivity contribution in [2.45, 2.75) is 31.9 Å². The normalized spacial score (nSPS) is 12.0. The summed E-state index contributed by atoms with van der Waals surface area (Å²) in [6.45, 7) is 2.48. The molecule has 1 atom stereocenters. The van der Waals surface area contributed by atoms with Gasteiger partial charge in [0.25, 0.3) is 0 Å². The van der Waals surface area contributed by atoms with Gasteiger partial charge in [-0.1, -0.05) is 44.0 Å². The maximum atomic E-state index is 13.3. The molecule has 1 N–H and O–H groups in total. The molecular weight excluding hydrogens is 407 g/mol. The van der Waals surface area contributed by atoms with Gasteiger partial charge in [-0.15, -0.1) is 0 Å². The molecule has 0 aliphatic rings. The van der Waals surface area contributed by atoms with Crippen LogP contribution in [0, 0.1) is 5.82 Å². The summed E-state index contributed by atoms with van der Waals surface area (Å²) in [6, 6.07) is 12.5. The van der Waals surface area contributed by atoms with Gasteiger partial charge < -0.3 is 9.29 Å². The second kappa shape index (κ2) is 10.3. The molecule has 0 aliphatic heterocycles. The first-order valence-electron chi connectivity index (χ1n) is 9.67. The molecule has 2 aromatic carbocycles. The predicted octanol–water partition coefficient (Wildman–Crippen LogP) is 4.33. The van der Waals surface area contributed by atoms with Gasteiger partial charge in [0.1, 0.15) is 5.82 Å². The zero-order valence-corrected chi connectivity index (χ0v) is 17.4. The summed E-state index contributed by atoms with van der Waals surface area (Å²) in [4.78, 5) is 13.1. The summed E-state index contributed by atoms with van der Waals surface area (Å²) in [5, 5.41) is 4.24. The van der Waals surface area contributed by atoms with Crippen molar-refractivity contribution in [3.05, 3.63) is 76.5 Å². The number of nitrogens with zero attached hydrogens (tertiary/aromatic N) is 2. The lowest BCUT2D eigenvalue weighted by Gasteiger charge is -2.14. The van der Waals surface area contributed by atoms with Gasteiger partial charge in [0, 0.05) is 5.56 Å². The predicted molar refractivity (Wildman–Crippen MR) is 115 cm³/mol. The molecule has 0 fully saturated rings. The molecule has 0 spiro atoms. The molecule has 0 radical (unpaired) electrons. The van der Waals surface area contributed by atoms with Crippen LogP contribution in [0.1, 0.15) is 31.7 Å². The lowest BCUT2D eigenvalue weighted by molar-refractivity contribution is 0.301. The topological polar surface area (TPSA) is 81.4 Å². The average molecular weight is 431 g/mol. The third kappa shape index (κ3) is 5.40. The zero-order valence-electron chi connectivity index (χ0n) is 16.6. The fourth-order valence-corrected chi connectivity index (χ4v) is 3.48. The summed E-state index contributed by atoms with van der Waals surface area (Å²) in [5.41, 5.74) is 1.95. The Morgan fingerprint density at radius 2 is 1.80 bits per heavy atom. The van der Waals surface area contributed by atoms with E-state index < -0.39 is 22.5 Å². The Hall–Kier alpha value is -2.84. The van der Waals surface area contributed by atoms with Gasteiger partial charge in [-0.05, 0) is 41.8 Å². The highest BCUT2D eigenvalue weighted by molar-refractivity contribution is 7.78. The number of halogens is 1. The maximum absolute atomic E-state index is 13.3. The van der Waals surface area contributed by atoms with Crippen molar-refractivity contribution in [3.8, 4) is 22.6 Å². The Morgan fingerprint density at radius 3 is 2.43 bits per heavy atom. The number of benzene rings is 2. The van der Waals surface area contributed by atoms with Crippen LogP contribution >= 0.6 is 0 Å². The van der Waals surface area contributed by atoms with Crippen LogP contribution in [0.5, 0.6) is 5.75 Å². The second-order valence-corrected chi connectivity index (χ2v) is 7.73. The van der Waals surface area contributed by atoms with Crippen LogP contribution < -0.4 is 10.3 Å². The van der Waals surface area contributed by atoms with E-state index >= 15 is 0 Å². The average Bonchev–Trinajstić information content (AvgIpc) is 2.73. The number of hydrogen-bond donors (Lipinski definition) is 1. The summed E-state index contributed by atoms with van der Waals surface area (Å²) >= 11 is -1.93. The standard InChI is InChI=1S/C22H23FN2O4S/c1-2-3-4-13-29-21-20(17-7-5-16(6-8-17)15-30(27)28)14-24-25(22(21)26)19-11-9-18(23)10-12-19/h5-12,14H,2-4,13,15H2,1H3,(H,27,28). The minimum Gasteiger partial charge on any atom is -0.487 e. The van der Waals surface area contributed by atoms with E-state index in [9.17, 15) is 13.4 Å². The number of unbranched alkanes of at least 4 members (excludes halogenated alkanes) is 2. The Morgan fingerprint density at radius 1 is 1.10 bits per heavy atom. The first-order valence-corrected chi connectivity index (χ1v) is 10.9. The third-order valence-corrected chi connectivity index (χ3v) is 5.13. The van der Waals surface area contributed by atoms with Gasteiger partial charge in [0.2, 0.25) is 0 Å². The van der Waals surface area contributed by atoms with Crippen molar-refractivity contribution in [1.29, 1.82) is 0 Å². The molecule has 0 amide bonds. The summed E-state index contributed by atoms with van der Waals surface area (Å²) in [5.74, 6) is -0.197. The number of aromatic nitrogens is 2. The highest BCUT2D eigenvalue weighted by Crippen LogP contribution is 2.27. The lowest BCUT2D eigenvalue weighted by Crippen LogP contribution is -2.24. The second-order valence-electron chi connectivity index (χ2n) is 6.80. The van der Waals surface area contributed by atoms with Crippen molar-refractivity contribution >= 4 is 11.1 Å². The van der Waals surface area contributed by atoms with Crippen LogP contribution in [-0.4, -0.2) is 25.1 Å². The number of hydrogen-bond acceptors (Lipinski definition) is 4. The van der Waals surface area contributed by atoms with Crippen LogP contribution in [-0.2, 0) is 16.8 Å². The molecule has 0 saturated carbocycles. The summed E-state index contributed by atoms with van der Waals surface area (Å²) < 4.78 is 40.3. The molecule has 6 nitrogen and oxygen atoms in total. The minimum absolute atomic E-state index is 0.0328. The summed E-state index contributed by atoms with van der Waals surface area (Å²) in [6.07, 6.45) is 4.37. The van der Waals surface area contributed by atoms with E-state index in [0.29, 0.717) is 29.0 Å². The molecule has 1 unspecified atom stereocenters. The van der Waals surface area contributed by atoms with Crippen LogP contribution in [0.2, 0.25) is 0 Å². The minimum atomic E-state index is -1.93. The lowest BCUT2D eigenvalue weighted by atomic mass is 10.1. The van der Waals surface area contributed by atoms with E-state index in [0.717, 1.165) is 19.3 Å². The van der Waals surface area contributed by atoms with E-state index in [1.165, 1.54) is 28.9 Å². The van der Waals surface area contributed by atoms with Crippen molar-refractivity contribution in [2.24, 2.45) is 0 Å². The maximum Gasteiger partial charge on any atom is 0.314 e. The fourth-order valence-electron chi connectivity index (χ4n) is 3.00. The van der Waals surface area contributed by atoms with Gasteiger partial charge in [-0.2, -0.15) is 9.78 Å². The Labute approximate surface area is 176 Å². The van der Waals surface area contributed by atoms with Gasteiger partial charge in [0.05, 0.1) is 24.2 Å². The monoisotopic (exact) mass is 430 g/mol. The van der Waals surface area contributed by atoms with Crippen molar-refractivity contribution < 1.29 is 17.9 Å². The van der Waals surface area contributed by atoms with Crippen LogP contribution in [0.4, 0.5) is 4.39 Å². The molecule has 3 aromatic rings. The van der Waals surface area contributed by atoms with Crippen LogP contribution in [0.25, 0.3) is 16.8 Å². The largest absolute Gasteiger partial charge is 0.487 e. The molecule has 1 aromatic heterocycles. The molecule has 1 heterocycles. The first kappa shape index (κ1) is 21.9. The highest BCUT2D eigenvalue weighted by atomic mass is 32.2. The first-order chi connectivity index (χ1) is 14.5. The highest BCUT2D eigenvalue weighted by Gasteiger charge is 2.16. The van der Waals surface area contributed by atoms with E-state index in [1.54, 1.807) is 30.5 Å². The van der Waals surface area contributed by atoms with Crippen LogP contribution in [0.3, 0.4) is 0 Å². The van der Waals surface area contributed by atoms with Crippen molar-refractivity contribution in [2.75, 3.05) is 6.61 Å². The molecule has 8 heteroatoms. The van der Waals surface area contributed by atoms with Gasteiger partial charge in [-0.25, -0.2) is 8.60 Å². The van der Waals surface area contributed by atoms with Gasteiger partial charge in [-0.3, -0.25) is 4.79 Å². The Balaban J connectivity index is 2.00. The Bertz CT molecular complexity index is 1070. The third-order valence-electron chi connectivity index (χ3n) is 4.55. The van der Waals surface area contributed by atoms with E-state index in [-0.39, 0.29) is 11.5 Å². The Kier molecular flexibility index (Phi) is 7.48. The van der Waals surface area contributed by atoms with Crippen molar-refractivity contribution in [3.63, 3.8) is 0 Å². The van der Waals surface area contributed by atoms with Gasteiger partial charge in [0.15, 0.2) is 16.8 Å². The smallest absolute Gasteiger partial charge is 0.314 e. The molecule has 0 aliphatic carbocycles. The molecule has 3 rings (SSSR count). The van der Waals surface area contributed by atoms with E-state index in [4.69, 9.17) is 9.29 Å². The van der Waals surface area contributed by atoms with E-state index in [1.807, 2.05) is 0 Å². The SMILES string of the molecule is CCCCCOc1c(-c2ccc(CS(=O)O)cc2)cnn(-c2ccc(F)cc2)c1=O. The number of ether oxygens (including phenoxy) is 1. The fraction of sp³-hybridized carbons (Fsp3) is 0.273. The molecule has 30 heavy (non-hydrogen) atoms. The van der Waals surface area contributed by atoms with E-state index in [2.05, 4.69) is 12.0 Å². The molecule has 0 saturated heterocycles. The number of rotatable bonds is 9. The molecule has 158 valence electrons. The molecular formula is C22H23FN2O4S. The quantitative estimate of drug-likeness (QED) is 0.404. The zero-order chi connectivity index (χ0) is 21.5. The van der Waals surface area contributed by atoms with Gasteiger partial charge >= 0.3 is 5.56 Å². The van der Waals surface area contributed by atoms with Crippen LogP contribution in [0.15, 0.2) is 59.5 Å². The van der Waals surface area contributed by atoms with Crippen molar-refractivity contribution in [1.82, 2.24) is 9.78 Å². The molecule has 0 bridgehead atoms.